The fourth-order valence-electron chi connectivity index (χ4n) is 8.15. The van der Waals surface area contributed by atoms with Crippen molar-refractivity contribution in [2.24, 2.45) is 11.7 Å². The highest BCUT2D eigenvalue weighted by atomic mass is 16.5. The molecule has 320 valence electrons. The number of likely N-dealkylation sites (tertiary alicyclic amines) is 1. The van der Waals surface area contributed by atoms with Gasteiger partial charge in [0.2, 0.25) is 17.6 Å². The summed E-state index contributed by atoms with van der Waals surface area (Å²) in [6, 6.07) is 10.3. The van der Waals surface area contributed by atoms with E-state index in [0.717, 1.165) is 43.1 Å². The van der Waals surface area contributed by atoms with E-state index >= 15 is 0 Å². The molecule has 18 heteroatoms. The van der Waals surface area contributed by atoms with E-state index < -0.39 is 65.3 Å². The number of nitrogens with one attached hydrogen (secondary N) is 4. The summed E-state index contributed by atoms with van der Waals surface area (Å²) in [4.78, 5) is 82.1. The lowest BCUT2D eigenvalue weighted by molar-refractivity contribution is -0.142. The first kappa shape index (κ1) is 43.4. The maximum absolute atomic E-state index is 14.9. The third kappa shape index (κ3) is 10.9. The first-order valence-electron chi connectivity index (χ1n) is 20.5. The van der Waals surface area contributed by atoms with Gasteiger partial charge < -0.3 is 36.4 Å². The van der Waals surface area contributed by atoms with Gasteiger partial charge >= 0.3 is 6.09 Å². The molecule has 1 aliphatic carbocycles. The van der Waals surface area contributed by atoms with Crippen molar-refractivity contribution in [2.45, 2.75) is 114 Å². The highest BCUT2D eigenvalue weighted by Crippen LogP contribution is 2.34. The minimum Gasteiger partial charge on any atom is -0.445 e. The maximum Gasteiger partial charge on any atom is 0.407 e. The van der Waals surface area contributed by atoms with Crippen molar-refractivity contribution in [3.63, 3.8) is 0 Å². The molecule has 0 spiro atoms. The molecule has 0 bridgehead atoms. The number of amides is 5. The molecule has 5 amide bonds. The highest BCUT2D eigenvalue weighted by Gasteiger charge is 2.45. The van der Waals surface area contributed by atoms with E-state index in [0.29, 0.717) is 36.0 Å². The van der Waals surface area contributed by atoms with E-state index in [9.17, 15) is 33.9 Å². The van der Waals surface area contributed by atoms with Gasteiger partial charge in [0.25, 0.3) is 11.8 Å². The van der Waals surface area contributed by atoms with Crippen molar-refractivity contribution in [3.8, 4) is 0 Å². The Kier molecular flexibility index (Phi) is 14.3. The van der Waals surface area contributed by atoms with Crippen molar-refractivity contribution in [3.05, 3.63) is 77.7 Å². The number of para-hydroxylation sites is 1. The fourth-order valence-corrected chi connectivity index (χ4v) is 8.15. The Morgan fingerprint density at radius 3 is 2.47 bits per heavy atom. The van der Waals surface area contributed by atoms with Crippen LogP contribution in [0, 0.1) is 5.92 Å². The molecule has 7 N–H and O–H groups in total. The Balaban J connectivity index is 1.20. The summed E-state index contributed by atoms with van der Waals surface area (Å²) in [6.45, 7) is 3.42. The lowest BCUT2D eigenvalue weighted by atomic mass is 9.84. The van der Waals surface area contributed by atoms with Crippen LogP contribution in [0.5, 0.6) is 0 Å². The minimum atomic E-state index is -1.36. The molecule has 1 unspecified atom stereocenters. The number of rotatable bonds is 18. The molecule has 2 fully saturated rings. The van der Waals surface area contributed by atoms with Crippen molar-refractivity contribution in [2.75, 3.05) is 13.1 Å². The number of hydrogen-bond donors (Lipinski definition) is 6. The molecule has 1 saturated heterocycles. The summed E-state index contributed by atoms with van der Waals surface area (Å²) in [5.74, 6) is -3.79. The highest BCUT2D eigenvalue weighted by molar-refractivity contribution is 6.37. The zero-order chi connectivity index (χ0) is 42.8. The van der Waals surface area contributed by atoms with Crippen LogP contribution in [0.15, 0.2) is 60.9 Å². The molecule has 6 rings (SSSR count). The number of carbonyl (C=O) groups is 6. The molecular weight excluding hydrogens is 773 g/mol. The van der Waals surface area contributed by atoms with Gasteiger partial charge in [-0.05, 0) is 57.1 Å². The van der Waals surface area contributed by atoms with Gasteiger partial charge in [-0.3, -0.25) is 29.1 Å². The summed E-state index contributed by atoms with van der Waals surface area (Å²) in [7, 11) is 0. The molecule has 18 nitrogen and oxygen atoms in total. The molecular formula is C42H54N10O8. The van der Waals surface area contributed by atoms with Gasteiger partial charge in [0.15, 0.2) is 0 Å². The Morgan fingerprint density at radius 2 is 1.73 bits per heavy atom. The minimum absolute atomic E-state index is 0.0176. The zero-order valence-electron chi connectivity index (χ0n) is 34.0. The Morgan fingerprint density at radius 1 is 0.967 bits per heavy atom. The third-order valence-corrected chi connectivity index (χ3v) is 11.3. The number of nitrogens with zero attached hydrogens (tertiary/aromatic N) is 5. The van der Waals surface area contributed by atoms with Gasteiger partial charge in [0.1, 0.15) is 24.3 Å². The predicted octanol–water partition coefficient (Wildman–Crippen LogP) is 2.93. The van der Waals surface area contributed by atoms with Crippen molar-refractivity contribution in [1.29, 1.82) is 0 Å². The quantitative estimate of drug-likeness (QED) is 0.0628. The number of fused-ring (bicyclic) bond motifs is 1. The Hall–Kier alpha value is -6.17. The Bertz CT molecular complexity index is 2140. The first-order chi connectivity index (χ1) is 28.8. The first-order valence-corrected chi connectivity index (χ1v) is 20.5. The van der Waals surface area contributed by atoms with E-state index in [1.165, 1.54) is 15.8 Å². The number of ketones is 1. The van der Waals surface area contributed by atoms with Crippen LogP contribution in [0.3, 0.4) is 0 Å². The number of Topliss-reactive ketones (excluding diaryl/α,β-unsaturated/α-hetero) is 1. The Labute approximate surface area is 347 Å². The second kappa shape index (κ2) is 19.7. The second-order valence-electron chi connectivity index (χ2n) is 16.2. The summed E-state index contributed by atoms with van der Waals surface area (Å²) < 4.78 is 6.73. The van der Waals surface area contributed by atoms with Crippen LogP contribution in [0.4, 0.5) is 4.79 Å². The molecule has 2 aliphatic rings. The van der Waals surface area contributed by atoms with Crippen LogP contribution in [-0.2, 0) is 36.1 Å². The fraction of sp³-hybridized carbons (Fsp3) is 0.500. The maximum atomic E-state index is 14.9. The summed E-state index contributed by atoms with van der Waals surface area (Å²) in [5.41, 5.74) is 6.08. The van der Waals surface area contributed by atoms with Gasteiger partial charge in [0.05, 0.1) is 41.3 Å². The van der Waals surface area contributed by atoms with Crippen molar-refractivity contribution < 1.29 is 38.6 Å². The summed E-state index contributed by atoms with van der Waals surface area (Å²) >= 11 is 0. The molecule has 1 saturated carbocycles. The summed E-state index contributed by atoms with van der Waals surface area (Å²) in [5, 5.41) is 35.1. The van der Waals surface area contributed by atoms with E-state index in [4.69, 9.17) is 10.5 Å². The molecule has 2 aromatic heterocycles. The zero-order valence-corrected chi connectivity index (χ0v) is 34.0. The van der Waals surface area contributed by atoms with Gasteiger partial charge in [-0.2, -0.15) is 5.10 Å². The van der Waals surface area contributed by atoms with Gasteiger partial charge in [0, 0.05) is 24.9 Å². The standard InChI is InChI=1S/C42H54N10O8/c1-42(2,59)34-23-46-50-52(34)29-21-33(39(56)47-31(36(53)37(43)54)18-9-10-19-44-41(58)60-25-27-14-7-4-8-15-27)51(24-29)40(57)32(20-26-12-5-3-6-13-26)48-38(55)30-17-11-16-28-22-45-49-35(28)30/h4,7-8,11,14-17,22-23,26,29,31-33,59H,3,5-6,9-10,12-13,18-21,24-25H2,1-2H3,(H2,43,54)(H,44,58)(H,45,49)(H,47,56)(H,48,55)/t29-,31?,32+,33-/m0/s1. The van der Waals surface area contributed by atoms with E-state index in [1.54, 1.807) is 32.2 Å². The van der Waals surface area contributed by atoms with Crippen LogP contribution in [-0.4, -0.2) is 102 Å². The average molecular weight is 827 g/mol. The molecule has 0 radical (unpaired) electrons. The molecule has 1 aliphatic heterocycles. The SMILES string of the molecule is CC(C)(O)c1cnnn1[C@H]1C[C@@H](C(=O)NC(CCCCNC(=O)OCc2ccccc2)C(=O)C(N)=O)N(C(=O)[C@@H](CC2CCCCC2)NC(=O)c2cccc3cn[nH]c23)C1. The molecule has 3 heterocycles. The monoisotopic (exact) mass is 826 g/mol. The predicted molar refractivity (Wildman–Crippen MR) is 218 cm³/mol. The van der Waals surface area contributed by atoms with Gasteiger partial charge in [-0.25, -0.2) is 9.48 Å². The molecule has 2 aromatic carbocycles. The number of primary amides is 1. The van der Waals surface area contributed by atoms with E-state index in [1.807, 2.05) is 36.4 Å². The normalized spacial score (nSPS) is 18.1. The third-order valence-electron chi connectivity index (χ3n) is 11.3. The number of aromatic nitrogens is 5. The summed E-state index contributed by atoms with van der Waals surface area (Å²) in [6.07, 6.45) is 8.34. The number of ether oxygens (including phenoxy) is 1. The second-order valence-corrected chi connectivity index (χ2v) is 16.2. The van der Waals surface area contributed by atoms with Crippen LogP contribution < -0.4 is 21.7 Å². The molecule has 60 heavy (non-hydrogen) atoms. The van der Waals surface area contributed by atoms with Crippen LogP contribution in [0.25, 0.3) is 10.9 Å². The topological polar surface area (TPSA) is 257 Å². The molecule has 4 atom stereocenters. The van der Waals surface area contributed by atoms with Crippen LogP contribution in [0.2, 0.25) is 0 Å². The lowest BCUT2D eigenvalue weighted by Crippen LogP contribution is -2.56. The number of carbonyl (C=O) groups excluding carboxylic acids is 6. The largest absolute Gasteiger partial charge is 0.445 e. The van der Waals surface area contributed by atoms with Crippen molar-refractivity contribution in [1.82, 2.24) is 46.0 Å². The van der Waals surface area contributed by atoms with Gasteiger partial charge in [-0.1, -0.05) is 79.8 Å². The van der Waals surface area contributed by atoms with Gasteiger partial charge in [-0.15, -0.1) is 5.10 Å². The number of aromatic amines is 1. The number of nitrogens with two attached hydrogens (primary N) is 1. The number of unbranched alkanes of at least 4 members (excludes halogenated alkanes) is 1. The number of hydrogen-bond acceptors (Lipinski definition) is 11. The smallest absolute Gasteiger partial charge is 0.407 e. The number of alkyl carbamates (subject to hydrolysis) is 1. The van der Waals surface area contributed by atoms with Crippen molar-refractivity contribution >= 4 is 46.4 Å². The lowest BCUT2D eigenvalue weighted by Gasteiger charge is -2.32. The van der Waals surface area contributed by atoms with E-state index in [2.05, 4.69) is 36.5 Å². The van der Waals surface area contributed by atoms with Crippen LogP contribution >= 0.6 is 0 Å². The number of H-pyrrole nitrogens is 1. The number of benzene rings is 2. The molecule has 4 aromatic rings. The van der Waals surface area contributed by atoms with Crippen LogP contribution in [0.1, 0.15) is 106 Å². The van der Waals surface area contributed by atoms with E-state index in [-0.39, 0.29) is 38.5 Å². The number of aliphatic hydroxyl groups is 1. The average Bonchev–Trinajstić information content (AvgIpc) is 4.03.